The van der Waals surface area contributed by atoms with Gasteiger partial charge in [0, 0.05) is 28.7 Å². The van der Waals surface area contributed by atoms with Gasteiger partial charge < -0.3 is 14.2 Å². The third kappa shape index (κ3) is 4.96. The molecule has 0 fully saturated rings. The molecule has 3 rings (SSSR count). The van der Waals surface area contributed by atoms with Gasteiger partial charge in [0.15, 0.2) is 16.8 Å². The Morgan fingerprint density at radius 2 is 1.83 bits per heavy atom. The molecule has 0 spiro atoms. The molecule has 150 valence electrons. The predicted octanol–water partition coefficient (Wildman–Crippen LogP) is 4.54. The van der Waals surface area contributed by atoms with Crippen molar-refractivity contribution in [1.82, 2.24) is 4.72 Å². The number of ketones is 1. The van der Waals surface area contributed by atoms with E-state index in [1.165, 1.54) is 14.2 Å². The van der Waals surface area contributed by atoms with Crippen molar-refractivity contribution in [1.29, 1.82) is 0 Å². The molecule has 0 saturated heterocycles. The van der Waals surface area contributed by atoms with Crippen molar-refractivity contribution in [3.05, 3.63) is 88.6 Å². The van der Waals surface area contributed by atoms with E-state index in [-0.39, 0.29) is 5.78 Å². The topological polar surface area (TPSA) is 64.6 Å². The molecule has 1 aliphatic rings. The number of benzene rings is 2. The Balaban J connectivity index is 1.94. The lowest BCUT2D eigenvalue weighted by atomic mass is 10.0. The van der Waals surface area contributed by atoms with Crippen molar-refractivity contribution in [3.63, 3.8) is 0 Å². The largest absolute Gasteiger partial charge is 0.497 e. The summed E-state index contributed by atoms with van der Waals surface area (Å²) >= 11 is 6.16. The van der Waals surface area contributed by atoms with Crippen LogP contribution in [0.5, 0.6) is 11.5 Å². The van der Waals surface area contributed by atoms with Gasteiger partial charge >= 0.3 is 0 Å². The molecule has 7 heteroatoms. The van der Waals surface area contributed by atoms with Crippen LogP contribution in [0.25, 0.3) is 0 Å². The molecular weight excluding hydrogens is 410 g/mol. The molecule has 0 saturated carbocycles. The van der Waals surface area contributed by atoms with E-state index in [0.717, 1.165) is 0 Å². The molecular formula is C22H20ClNO4S. The van der Waals surface area contributed by atoms with Crippen LogP contribution in [0, 0.1) is 0 Å². The molecule has 5 nitrogen and oxygen atoms in total. The second-order valence-electron chi connectivity index (χ2n) is 6.10. The zero-order valence-electron chi connectivity index (χ0n) is 16.0. The highest BCUT2D eigenvalue weighted by molar-refractivity contribution is 7.83. The van der Waals surface area contributed by atoms with E-state index in [1.807, 2.05) is 6.07 Å². The third-order valence-electron chi connectivity index (χ3n) is 4.28. The molecule has 1 atom stereocenters. The molecule has 0 amide bonds. The summed E-state index contributed by atoms with van der Waals surface area (Å²) in [7, 11) is 1.32. The standard InChI is InChI=1S/C22H20ClNO4S/c1-27-17-10-13-20(28-2)21(14-17)29(26)24-19-12-9-16(23)8-11-18(19)22(25)15-6-4-3-5-7-15/h3-7,9-14,24H,8H2,1-2H3. The van der Waals surface area contributed by atoms with E-state index < -0.39 is 11.0 Å². The quantitative estimate of drug-likeness (QED) is 0.656. The number of carbonyl (C=O) groups is 1. The minimum Gasteiger partial charge on any atom is -0.497 e. The van der Waals surface area contributed by atoms with Gasteiger partial charge in [0.1, 0.15) is 16.4 Å². The molecule has 2 aromatic rings. The Bertz CT molecular complexity index is 1030. The van der Waals surface area contributed by atoms with Gasteiger partial charge in [0.2, 0.25) is 0 Å². The highest BCUT2D eigenvalue weighted by Crippen LogP contribution is 2.28. The number of halogens is 1. The monoisotopic (exact) mass is 429 g/mol. The summed E-state index contributed by atoms with van der Waals surface area (Å²) in [5.41, 5.74) is 1.35. The number of carbonyl (C=O) groups excluding carboxylic acids is 1. The molecule has 0 radical (unpaired) electrons. The first-order chi connectivity index (χ1) is 14.0. The molecule has 1 N–H and O–H groups in total. The van der Waals surface area contributed by atoms with E-state index >= 15 is 0 Å². The number of Topliss-reactive ketones (excluding diaryl/α,β-unsaturated/α-hetero) is 1. The van der Waals surface area contributed by atoms with Crippen molar-refractivity contribution in [2.45, 2.75) is 11.3 Å². The average Bonchev–Trinajstić information content (AvgIpc) is 2.94. The first-order valence-corrected chi connectivity index (χ1v) is 10.3. The summed E-state index contributed by atoms with van der Waals surface area (Å²) in [6.07, 6.45) is 5.49. The number of ether oxygens (including phenoxy) is 2. The lowest BCUT2D eigenvalue weighted by Gasteiger charge is -2.15. The highest BCUT2D eigenvalue weighted by Gasteiger charge is 2.21. The highest BCUT2D eigenvalue weighted by atomic mass is 35.5. The molecule has 0 heterocycles. The Morgan fingerprint density at radius 1 is 1.07 bits per heavy atom. The zero-order chi connectivity index (χ0) is 20.8. The van der Waals surface area contributed by atoms with Crippen LogP contribution < -0.4 is 14.2 Å². The predicted molar refractivity (Wildman–Crippen MR) is 115 cm³/mol. The van der Waals surface area contributed by atoms with E-state index in [0.29, 0.717) is 44.7 Å². The van der Waals surface area contributed by atoms with Gasteiger partial charge in [-0.15, -0.1) is 0 Å². The molecule has 0 aliphatic heterocycles. The summed E-state index contributed by atoms with van der Waals surface area (Å²) in [4.78, 5) is 13.5. The smallest absolute Gasteiger partial charge is 0.194 e. The van der Waals surface area contributed by atoms with Crippen LogP contribution in [0.1, 0.15) is 16.8 Å². The second-order valence-corrected chi connectivity index (χ2v) is 7.77. The number of hydrogen-bond acceptors (Lipinski definition) is 4. The van der Waals surface area contributed by atoms with Crippen LogP contribution in [-0.4, -0.2) is 24.2 Å². The summed E-state index contributed by atoms with van der Waals surface area (Å²) in [6, 6.07) is 13.9. The molecule has 1 unspecified atom stereocenters. The third-order valence-corrected chi connectivity index (χ3v) is 5.68. The maximum Gasteiger partial charge on any atom is 0.194 e. The van der Waals surface area contributed by atoms with Crippen molar-refractivity contribution < 1.29 is 18.5 Å². The fourth-order valence-corrected chi connectivity index (χ4v) is 3.96. The van der Waals surface area contributed by atoms with Gasteiger partial charge in [-0.05, 0) is 24.3 Å². The minimum absolute atomic E-state index is 0.182. The maximum atomic E-state index is 13.1. The van der Waals surface area contributed by atoms with Crippen LogP contribution in [0.15, 0.2) is 88.0 Å². The van der Waals surface area contributed by atoms with E-state index in [4.69, 9.17) is 21.1 Å². The van der Waals surface area contributed by atoms with Crippen LogP contribution in [0.2, 0.25) is 0 Å². The van der Waals surface area contributed by atoms with Crippen molar-refractivity contribution >= 4 is 28.4 Å². The average molecular weight is 430 g/mol. The number of nitrogens with one attached hydrogen (secondary N) is 1. The first-order valence-electron chi connectivity index (χ1n) is 8.80. The van der Waals surface area contributed by atoms with Gasteiger partial charge in [0.25, 0.3) is 0 Å². The summed E-state index contributed by atoms with van der Waals surface area (Å²) in [5, 5.41) is 0.574. The van der Waals surface area contributed by atoms with Crippen LogP contribution in [-0.2, 0) is 11.0 Å². The number of methoxy groups -OCH3 is 2. The Kier molecular flexibility index (Phi) is 6.90. The van der Waals surface area contributed by atoms with Gasteiger partial charge in [-0.3, -0.25) is 4.79 Å². The first kappa shape index (κ1) is 20.9. The lowest BCUT2D eigenvalue weighted by Crippen LogP contribution is -2.22. The normalized spacial score (nSPS) is 14.7. The molecule has 0 bridgehead atoms. The molecule has 0 aromatic heterocycles. The van der Waals surface area contributed by atoms with Crippen molar-refractivity contribution in [2.75, 3.05) is 14.2 Å². The van der Waals surface area contributed by atoms with E-state index in [9.17, 15) is 9.00 Å². The molecule has 29 heavy (non-hydrogen) atoms. The number of allylic oxidation sites excluding steroid dienone is 5. The SMILES string of the molecule is COc1ccc(OC)c(S(=O)NC2=CC=C(Cl)CC=C2C(=O)c2ccccc2)c1. The summed E-state index contributed by atoms with van der Waals surface area (Å²) < 4.78 is 26.6. The minimum atomic E-state index is -1.71. The lowest BCUT2D eigenvalue weighted by molar-refractivity contribution is 0.103. The fourth-order valence-electron chi connectivity index (χ4n) is 2.77. The van der Waals surface area contributed by atoms with E-state index in [2.05, 4.69) is 4.72 Å². The summed E-state index contributed by atoms with van der Waals surface area (Å²) in [5.74, 6) is 0.808. The van der Waals surface area contributed by atoms with Gasteiger partial charge in [-0.1, -0.05) is 48.0 Å². The zero-order valence-corrected chi connectivity index (χ0v) is 17.5. The van der Waals surface area contributed by atoms with Gasteiger partial charge in [-0.25, -0.2) is 4.21 Å². The Labute approximate surface area is 177 Å². The Hall–Kier alpha value is -2.83. The number of rotatable bonds is 7. The molecule has 1 aliphatic carbocycles. The van der Waals surface area contributed by atoms with E-state index in [1.54, 1.807) is 60.7 Å². The summed E-state index contributed by atoms with van der Waals surface area (Å²) in [6.45, 7) is 0. The maximum absolute atomic E-state index is 13.1. The van der Waals surface area contributed by atoms with Gasteiger partial charge in [-0.2, -0.15) is 0 Å². The Morgan fingerprint density at radius 3 is 2.52 bits per heavy atom. The molecule has 2 aromatic carbocycles. The van der Waals surface area contributed by atoms with Crippen LogP contribution in [0.4, 0.5) is 0 Å². The van der Waals surface area contributed by atoms with Crippen molar-refractivity contribution in [3.8, 4) is 11.5 Å². The van der Waals surface area contributed by atoms with Gasteiger partial charge in [0.05, 0.1) is 19.9 Å². The van der Waals surface area contributed by atoms with Crippen molar-refractivity contribution in [2.24, 2.45) is 0 Å². The van der Waals surface area contributed by atoms with Crippen LogP contribution >= 0.6 is 11.6 Å². The number of hydrogen-bond donors (Lipinski definition) is 1. The van der Waals surface area contributed by atoms with Crippen LogP contribution in [0.3, 0.4) is 0 Å². The fraction of sp³-hybridized carbons (Fsp3) is 0.136. The second kappa shape index (κ2) is 9.58.